The second-order valence-corrected chi connectivity index (χ2v) is 7.24. The molecule has 8 heteroatoms. The van der Waals surface area contributed by atoms with Gasteiger partial charge in [-0.25, -0.2) is 4.98 Å². The Morgan fingerprint density at radius 2 is 2.08 bits per heavy atom. The Balaban J connectivity index is 1.88. The molecule has 1 aromatic heterocycles. The molecule has 3 aromatic rings. The first kappa shape index (κ1) is 18.4. The van der Waals surface area contributed by atoms with E-state index in [0.29, 0.717) is 27.3 Å². The second kappa shape index (κ2) is 7.47. The molecular weight excluding hydrogens is 420 g/mol. The van der Waals surface area contributed by atoms with E-state index in [2.05, 4.69) is 26.2 Å². The molecule has 3 rings (SSSR count). The Kier molecular flexibility index (Phi) is 5.29. The fourth-order valence-corrected chi connectivity index (χ4v) is 3.36. The van der Waals surface area contributed by atoms with Crippen molar-refractivity contribution < 1.29 is 4.79 Å². The zero-order valence-corrected chi connectivity index (χ0v) is 16.5. The molecule has 134 valence electrons. The van der Waals surface area contributed by atoms with E-state index in [1.165, 1.54) is 10.9 Å². The van der Waals surface area contributed by atoms with Gasteiger partial charge in [-0.1, -0.05) is 33.6 Å². The van der Waals surface area contributed by atoms with Gasteiger partial charge in [-0.3, -0.25) is 14.2 Å². The third kappa shape index (κ3) is 3.73. The molecule has 26 heavy (non-hydrogen) atoms. The number of para-hydroxylation sites is 1. The average Bonchev–Trinajstić information content (AvgIpc) is 2.57. The summed E-state index contributed by atoms with van der Waals surface area (Å²) in [4.78, 5) is 31.1. The number of aromatic nitrogens is 2. The third-order valence-corrected chi connectivity index (χ3v) is 4.61. The van der Waals surface area contributed by atoms with E-state index in [-0.39, 0.29) is 18.0 Å². The van der Waals surface area contributed by atoms with Crippen LogP contribution in [0.25, 0.3) is 10.9 Å². The van der Waals surface area contributed by atoms with Gasteiger partial charge in [0.2, 0.25) is 5.91 Å². The lowest BCUT2D eigenvalue weighted by atomic mass is 10.2. The highest BCUT2D eigenvalue weighted by atomic mass is 79.9. The Labute approximate surface area is 163 Å². The minimum atomic E-state index is -0.339. The van der Waals surface area contributed by atoms with Gasteiger partial charge in [-0.05, 0) is 30.3 Å². The predicted molar refractivity (Wildman–Crippen MR) is 108 cm³/mol. The monoisotopic (exact) mass is 434 g/mol. The number of rotatable bonds is 4. The van der Waals surface area contributed by atoms with Crippen molar-refractivity contribution in [1.29, 1.82) is 0 Å². The number of nitrogens with zero attached hydrogens (tertiary/aromatic N) is 3. The fourth-order valence-electron chi connectivity index (χ4n) is 2.66. The highest BCUT2D eigenvalue weighted by Crippen LogP contribution is 2.32. The fraction of sp³-hybridized carbons (Fsp3) is 0.167. The number of nitrogens with one attached hydrogen (secondary N) is 1. The summed E-state index contributed by atoms with van der Waals surface area (Å²) < 4.78 is 2.06. The summed E-state index contributed by atoms with van der Waals surface area (Å²) in [5, 5.41) is 3.79. The lowest BCUT2D eigenvalue weighted by Crippen LogP contribution is -2.28. The maximum absolute atomic E-state index is 12.6. The van der Waals surface area contributed by atoms with E-state index in [0.717, 1.165) is 4.47 Å². The van der Waals surface area contributed by atoms with Gasteiger partial charge >= 0.3 is 0 Å². The highest BCUT2D eigenvalue weighted by molar-refractivity contribution is 9.10. The molecule has 0 unspecified atom stereocenters. The topological polar surface area (TPSA) is 67.2 Å². The van der Waals surface area contributed by atoms with Gasteiger partial charge in [0.1, 0.15) is 6.54 Å². The van der Waals surface area contributed by atoms with Crippen LogP contribution in [0.4, 0.5) is 11.4 Å². The normalized spacial score (nSPS) is 10.8. The number of hydrogen-bond acceptors (Lipinski definition) is 4. The smallest absolute Gasteiger partial charge is 0.261 e. The van der Waals surface area contributed by atoms with E-state index in [1.54, 1.807) is 30.3 Å². The molecule has 2 aromatic carbocycles. The molecule has 6 nitrogen and oxygen atoms in total. The molecule has 0 atom stereocenters. The molecule has 0 radical (unpaired) electrons. The molecule has 0 aliphatic carbocycles. The minimum Gasteiger partial charge on any atom is -0.375 e. The Morgan fingerprint density at radius 3 is 2.81 bits per heavy atom. The van der Waals surface area contributed by atoms with Crippen LogP contribution in [0, 0.1) is 0 Å². The van der Waals surface area contributed by atoms with Crippen LogP contribution in [-0.2, 0) is 11.3 Å². The number of fused-ring (bicyclic) bond motifs is 1. The molecule has 0 bridgehead atoms. The van der Waals surface area contributed by atoms with Crippen molar-refractivity contribution in [3.63, 3.8) is 0 Å². The van der Waals surface area contributed by atoms with Gasteiger partial charge in [0.05, 0.1) is 33.6 Å². The summed E-state index contributed by atoms with van der Waals surface area (Å²) >= 11 is 9.55. The van der Waals surface area contributed by atoms with Crippen LogP contribution in [0.2, 0.25) is 5.02 Å². The van der Waals surface area contributed by atoms with E-state index in [9.17, 15) is 9.59 Å². The van der Waals surface area contributed by atoms with Crippen LogP contribution in [0.15, 0.2) is 52.0 Å². The second-order valence-electron chi connectivity index (χ2n) is 5.92. The summed E-state index contributed by atoms with van der Waals surface area (Å²) in [5.41, 5.74) is 1.59. The third-order valence-electron chi connectivity index (χ3n) is 3.81. The first-order valence-electron chi connectivity index (χ1n) is 7.77. The minimum absolute atomic E-state index is 0.145. The van der Waals surface area contributed by atoms with E-state index >= 15 is 0 Å². The Bertz CT molecular complexity index is 1050. The van der Waals surface area contributed by atoms with Gasteiger partial charge in [0, 0.05) is 18.6 Å². The molecule has 1 N–H and O–H groups in total. The van der Waals surface area contributed by atoms with E-state index in [4.69, 9.17) is 11.6 Å². The number of anilines is 2. The van der Waals surface area contributed by atoms with E-state index < -0.39 is 0 Å². The molecule has 1 amide bonds. The molecule has 0 spiro atoms. The Morgan fingerprint density at radius 1 is 1.31 bits per heavy atom. The quantitative estimate of drug-likeness (QED) is 0.681. The molecule has 0 saturated carbocycles. The molecule has 0 fully saturated rings. The van der Waals surface area contributed by atoms with Crippen LogP contribution >= 0.6 is 27.5 Å². The number of carbonyl (C=O) groups is 1. The van der Waals surface area contributed by atoms with Gasteiger partial charge < -0.3 is 10.2 Å². The summed E-state index contributed by atoms with van der Waals surface area (Å²) in [7, 11) is 3.68. The van der Waals surface area contributed by atoms with Crippen molar-refractivity contribution in [3.05, 3.63) is 62.6 Å². The van der Waals surface area contributed by atoms with Crippen molar-refractivity contribution >= 4 is 55.7 Å². The van der Waals surface area contributed by atoms with Gasteiger partial charge in [-0.2, -0.15) is 0 Å². The summed E-state index contributed by atoms with van der Waals surface area (Å²) in [6.45, 7) is -0.145. The molecular formula is C18H16BrClN4O2. The molecule has 0 saturated heterocycles. The van der Waals surface area contributed by atoms with Gasteiger partial charge in [0.25, 0.3) is 5.56 Å². The zero-order chi connectivity index (χ0) is 18.8. The first-order chi connectivity index (χ1) is 12.4. The summed E-state index contributed by atoms with van der Waals surface area (Å²) in [5.74, 6) is -0.339. The first-order valence-corrected chi connectivity index (χ1v) is 8.94. The maximum atomic E-state index is 12.6. The molecule has 0 aliphatic rings. The van der Waals surface area contributed by atoms with Crippen molar-refractivity contribution in [2.24, 2.45) is 0 Å². The van der Waals surface area contributed by atoms with Crippen LogP contribution in [0.1, 0.15) is 0 Å². The number of hydrogen-bond donors (Lipinski definition) is 1. The number of benzene rings is 2. The van der Waals surface area contributed by atoms with Crippen LogP contribution in [0.3, 0.4) is 0 Å². The standard InChI is InChI=1S/C18H16BrClN4O2/c1-23(2)17-13(20)4-3-5-15(17)22-16(25)9-24-10-21-14-7-6-11(19)8-12(14)18(24)26/h3-8,10H,9H2,1-2H3,(H,22,25). The lowest BCUT2D eigenvalue weighted by Gasteiger charge is -2.19. The number of halogens is 2. The summed E-state index contributed by atoms with van der Waals surface area (Å²) in [6.07, 6.45) is 1.38. The van der Waals surface area contributed by atoms with Crippen molar-refractivity contribution in [3.8, 4) is 0 Å². The number of amides is 1. The lowest BCUT2D eigenvalue weighted by molar-refractivity contribution is -0.116. The predicted octanol–water partition coefficient (Wildman–Crippen LogP) is 3.52. The van der Waals surface area contributed by atoms with Crippen LogP contribution < -0.4 is 15.8 Å². The average molecular weight is 436 g/mol. The van der Waals surface area contributed by atoms with Crippen LogP contribution in [0.5, 0.6) is 0 Å². The van der Waals surface area contributed by atoms with Gasteiger partial charge in [0.15, 0.2) is 0 Å². The van der Waals surface area contributed by atoms with Crippen LogP contribution in [-0.4, -0.2) is 29.6 Å². The molecule has 1 heterocycles. The van der Waals surface area contributed by atoms with E-state index in [1.807, 2.05) is 25.1 Å². The number of carbonyl (C=O) groups excluding carboxylic acids is 1. The SMILES string of the molecule is CN(C)c1c(Cl)cccc1NC(=O)Cn1cnc2ccc(Br)cc2c1=O. The summed E-state index contributed by atoms with van der Waals surface area (Å²) in [6, 6.07) is 10.5. The highest BCUT2D eigenvalue weighted by Gasteiger charge is 2.13. The molecule has 0 aliphatic heterocycles. The zero-order valence-electron chi connectivity index (χ0n) is 14.2. The van der Waals surface area contributed by atoms with Crippen molar-refractivity contribution in [2.75, 3.05) is 24.3 Å². The Hall–Kier alpha value is -2.38. The largest absolute Gasteiger partial charge is 0.375 e. The van der Waals surface area contributed by atoms with Crippen molar-refractivity contribution in [1.82, 2.24) is 9.55 Å². The van der Waals surface area contributed by atoms with Crippen molar-refractivity contribution in [2.45, 2.75) is 6.54 Å². The van der Waals surface area contributed by atoms with Gasteiger partial charge in [-0.15, -0.1) is 0 Å². The maximum Gasteiger partial charge on any atom is 0.261 e.